The number of aromatic amines is 1. The lowest BCUT2D eigenvalue weighted by Crippen LogP contribution is -2.09. The van der Waals surface area contributed by atoms with Gasteiger partial charge in [0.15, 0.2) is 11.5 Å². The molecule has 2 aromatic heterocycles. The van der Waals surface area contributed by atoms with Gasteiger partial charge in [-0.05, 0) is 12.1 Å². The Morgan fingerprint density at radius 2 is 2.15 bits per heavy atom. The van der Waals surface area contributed by atoms with Gasteiger partial charge >= 0.3 is 16.1 Å². The lowest BCUT2D eigenvalue weighted by molar-refractivity contribution is 0.472. The monoisotopic (exact) mass is 297 g/mol. The summed E-state index contributed by atoms with van der Waals surface area (Å²) in [5.74, 6) is 0.761. The molecule has 0 aliphatic heterocycles. The molecule has 0 aliphatic rings. The second-order valence-electron chi connectivity index (χ2n) is 4.49. The normalized spacial score (nSPS) is 12.4. The van der Waals surface area contributed by atoms with E-state index in [1.807, 2.05) is 19.9 Å². The van der Waals surface area contributed by atoms with Crippen LogP contribution >= 0.6 is 0 Å². The van der Waals surface area contributed by atoms with E-state index in [-0.39, 0.29) is 6.01 Å². The van der Waals surface area contributed by atoms with E-state index in [9.17, 15) is 8.42 Å². The maximum Gasteiger partial charge on any atom is 0.337 e. The Hall–Kier alpha value is -2.16. The minimum Gasteiger partial charge on any atom is -0.345 e. The molecule has 8 nitrogen and oxygen atoms in total. The summed E-state index contributed by atoms with van der Waals surface area (Å²) in [5, 5.41) is 2.95. The van der Waals surface area contributed by atoms with Crippen molar-refractivity contribution in [3.05, 3.63) is 18.6 Å². The number of hydrogen-bond acceptors (Lipinski definition) is 7. The maximum absolute atomic E-state index is 11.1. The first-order chi connectivity index (χ1) is 9.35. The molecule has 0 bridgehead atoms. The molecule has 20 heavy (non-hydrogen) atoms. The molecule has 0 atom stereocenters. The average molecular weight is 297 g/mol. The summed E-state index contributed by atoms with van der Waals surface area (Å²) in [6, 6.07) is -0.271. The fourth-order valence-electron chi connectivity index (χ4n) is 1.41. The SMILES string of the molecule is CC(C)/C=C/Nc1nc(OS(C)(=O)=O)nc2nc[nH]c12. The summed E-state index contributed by atoms with van der Waals surface area (Å²) < 4.78 is 26.9. The Balaban J connectivity index is 2.38. The summed E-state index contributed by atoms with van der Waals surface area (Å²) in [6.07, 6.45) is 6.02. The molecule has 0 spiro atoms. The van der Waals surface area contributed by atoms with Crippen molar-refractivity contribution < 1.29 is 12.6 Å². The van der Waals surface area contributed by atoms with E-state index in [0.717, 1.165) is 6.26 Å². The van der Waals surface area contributed by atoms with Crippen molar-refractivity contribution in [2.24, 2.45) is 5.92 Å². The van der Waals surface area contributed by atoms with Gasteiger partial charge in [0.25, 0.3) is 0 Å². The fourth-order valence-corrected chi connectivity index (χ4v) is 1.76. The van der Waals surface area contributed by atoms with Crippen LogP contribution in [0.3, 0.4) is 0 Å². The number of nitrogens with one attached hydrogen (secondary N) is 2. The van der Waals surface area contributed by atoms with Crippen LogP contribution in [0, 0.1) is 5.92 Å². The third-order valence-corrected chi connectivity index (χ3v) is 2.64. The molecular formula is C11H15N5O3S. The van der Waals surface area contributed by atoms with Crippen molar-refractivity contribution in [1.82, 2.24) is 19.9 Å². The highest BCUT2D eigenvalue weighted by molar-refractivity contribution is 7.86. The number of aromatic nitrogens is 4. The molecule has 9 heteroatoms. The highest BCUT2D eigenvalue weighted by Gasteiger charge is 2.13. The highest BCUT2D eigenvalue weighted by Crippen LogP contribution is 2.20. The minimum absolute atomic E-state index is 0.271. The predicted molar refractivity (Wildman–Crippen MR) is 74.8 cm³/mol. The van der Waals surface area contributed by atoms with E-state index in [4.69, 9.17) is 0 Å². The number of imidazole rings is 1. The second kappa shape index (κ2) is 5.45. The van der Waals surface area contributed by atoms with E-state index in [1.54, 1.807) is 6.20 Å². The van der Waals surface area contributed by atoms with Gasteiger partial charge in [-0.15, -0.1) is 0 Å². The Morgan fingerprint density at radius 1 is 1.40 bits per heavy atom. The van der Waals surface area contributed by atoms with Gasteiger partial charge in [0.1, 0.15) is 5.52 Å². The smallest absolute Gasteiger partial charge is 0.337 e. The van der Waals surface area contributed by atoms with Gasteiger partial charge in [0.2, 0.25) is 0 Å². The van der Waals surface area contributed by atoms with Crippen LogP contribution in [0.25, 0.3) is 11.2 Å². The number of nitrogens with zero attached hydrogens (tertiary/aromatic N) is 3. The van der Waals surface area contributed by atoms with Gasteiger partial charge in [-0.25, -0.2) is 4.98 Å². The van der Waals surface area contributed by atoms with Gasteiger partial charge in [0.05, 0.1) is 12.6 Å². The van der Waals surface area contributed by atoms with Crippen LogP contribution in [0.15, 0.2) is 18.6 Å². The van der Waals surface area contributed by atoms with Crippen LogP contribution in [-0.2, 0) is 10.1 Å². The number of hydrogen-bond donors (Lipinski definition) is 2. The molecule has 0 saturated heterocycles. The maximum atomic E-state index is 11.1. The van der Waals surface area contributed by atoms with Crippen LogP contribution in [-0.4, -0.2) is 34.6 Å². The summed E-state index contributed by atoms with van der Waals surface area (Å²) in [7, 11) is -3.69. The van der Waals surface area contributed by atoms with Crippen molar-refractivity contribution in [2.75, 3.05) is 11.6 Å². The number of fused-ring (bicyclic) bond motifs is 1. The van der Waals surface area contributed by atoms with Crippen molar-refractivity contribution >= 4 is 27.1 Å². The average Bonchev–Trinajstić information content (AvgIpc) is 2.74. The molecule has 0 aromatic carbocycles. The van der Waals surface area contributed by atoms with Gasteiger partial charge < -0.3 is 14.5 Å². The number of H-pyrrole nitrogens is 1. The lowest BCUT2D eigenvalue weighted by Gasteiger charge is -2.05. The van der Waals surface area contributed by atoms with E-state index in [0.29, 0.717) is 22.9 Å². The fraction of sp³-hybridized carbons (Fsp3) is 0.364. The van der Waals surface area contributed by atoms with E-state index >= 15 is 0 Å². The lowest BCUT2D eigenvalue weighted by atomic mass is 10.2. The Bertz CT molecular complexity index is 736. The van der Waals surface area contributed by atoms with Gasteiger partial charge in [0, 0.05) is 0 Å². The van der Waals surface area contributed by atoms with Crippen LogP contribution in [0.4, 0.5) is 5.82 Å². The molecule has 0 unspecified atom stereocenters. The third-order valence-electron chi connectivity index (χ3n) is 2.19. The molecule has 0 saturated carbocycles. The zero-order chi connectivity index (χ0) is 14.8. The molecule has 0 amide bonds. The summed E-state index contributed by atoms with van der Waals surface area (Å²) >= 11 is 0. The first-order valence-electron chi connectivity index (χ1n) is 5.89. The molecule has 2 aromatic rings. The predicted octanol–water partition coefficient (Wildman–Crippen LogP) is 1.27. The van der Waals surface area contributed by atoms with Crippen LogP contribution < -0.4 is 9.50 Å². The number of rotatable bonds is 5. The van der Waals surface area contributed by atoms with E-state index in [2.05, 4.69) is 29.4 Å². The topological polar surface area (TPSA) is 110 Å². The van der Waals surface area contributed by atoms with E-state index < -0.39 is 10.1 Å². The first kappa shape index (κ1) is 14.3. The molecule has 0 aliphatic carbocycles. The van der Waals surface area contributed by atoms with Crippen molar-refractivity contribution in [3.63, 3.8) is 0 Å². The van der Waals surface area contributed by atoms with Crippen molar-refractivity contribution in [2.45, 2.75) is 13.8 Å². The van der Waals surface area contributed by atoms with Crippen LogP contribution in [0.2, 0.25) is 0 Å². The summed E-state index contributed by atoms with van der Waals surface area (Å²) in [6.45, 7) is 4.06. The van der Waals surface area contributed by atoms with Crippen LogP contribution in [0.5, 0.6) is 6.01 Å². The van der Waals surface area contributed by atoms with Gasteiger partial charge in [-0.3, -0.25) is 0 Å². The molecule has 0 fully saturated rings. The van der Waals surface area contributed by atoms with Crippen LogP contribution in [0.1, 0.15) is 13.8 Å². The highest BCUT2D eigenvalue weighted by atomic mass is 32.2. The summed E-state index contributed by atoms with van der Waals surface area (Å²) in [5.41, 5.74) is 0.887. The summed E-state index contributed by atoms with van der Waals surface area (Å²) in [4.78, 5) is 14.8. The van der Waals surface area contributed by atoms with Gasteiger partial charge in [-0.2, -0.15) is 18.4 Å². The molecule has 0 radical (unpaired) electrons. The zero-order valence-corrected chi connectivity index (χ0v) is 12.1. The second-order valence-corrected chi connectivity index (χ2v) is 6.07. The Labute approximate surface area is 116 Å². The molecule has 2 heterocycles. The molecule has 2 N–H and O–H groups in total. The largest absolute Gasteiger partial charge is 0.345 e. The standard InChI is InChI=1S/C11H15N5O3S/c1-7(2)4-5-12-9-8-10(14-6-13-8)16-11(15-9)19-20(3,17)18/h4-7H,1-3H3,(H2,12,13,14,15,16)/b5-4+. The van der Waals surface area contributed by atoms with Crippen molar-refractivity contribution in [3.8, 4) is 6.01 Å². The Kier molecular flexibility index (Phi) is 3.89. The van der Waals surface area contributed by atoms with Gasteiger partial charge in [-0.1, -0.05) is 19.9 Å². The molecule has 2 rings (SSSR count). The first-order valence-corrected chi connectivity index (χ1v) is 7.70. The zero-order valence-electron chi connectivity index (χ0n) is 11.3. The number of allylic oxidation sites excluding steroid dienone is 1. The van der Waals surface area contributed by atoms with E-state index in [1.165, 1.54) is 6.33 Å². The minimum atomic E-state index is -3.69. The van der Waals surface area contributed by atoms with Crippen molar-refractivity contribution in [1.29, 1.82) is 0 Å². The quantitative estimate of drug-likeness (QED) is 0.800. The third kappa shape index (κ3) is 3.67. The Morgan fingerprint density at radius 3 is 2.80 bits per heavy atom. The molecule has 108 valence electrons. The number of anilines is 1. The molecular weight excluding hydrogens is 282 g/mol.